The molecule has 2 aromatic rings. The number of sulfonamides is 1. The second-order valence-electron chi connectivity index (χ2n) is 6.73. The number of rotatable bonds is 6. The third-order valence-electron chi connectivity index (χ3n) is 4.78. The van der Waals surface area contributed by atoms with Crippen LogP contribution in [0.5, 0.6) is 0 Å². The molecule has 5 nitrogen and oxygen atoms in total. The van der Waals surface area contributed by atoms with Crippen LogP contribution in [0.2, 0.25) is 0 Å². The molecule has 2 aromatic carbocycles. The van der Waals surface area contributed by atoms with E-state index in [-0.39, 0.29) is 17.3 Å². The van der Waals surface area contributed by atoms with Crippen LogP contribution in [-0.4, -0.2) is 52.6 Å². The van der Waals surface area contributed by atoms with Crippen LogP contribution in [0.15, 0.2) is 53.4 Å². The maximum Gasteiger partial charge on any atom is 0.416 e. The Labute approximate surface area is 167 Å². The molecule has 1 aliphatic heterocycles. The number of alkyl halides is 3. The van der Waals surface area contributed by atoms with E-state index in [1.807, 2.05) is 0 Å². The summed E-state index contributed by atoms with van der Waals surface area (Å²) in [6, 6.07) is 9.69. The number of halogens is 4. The predicted octanol–water partition coefficient (Wildman–Crippen LogP) is 2.95. The first-order valence-corrected chi connectivity index (χ1v) is 10.5. The number of piperazine rings is 1. The van der Waals surface area contributed by atoms with Gasteiger partial charge in [-0.2, -0.15) is 13.2 Å². The van der Waals surface area contributed by atoms with Gasteiger partial charge in [-0.05, 0) is 48.5 Å². The van der Waals surface area contributed by atoms with Crippen molar-refractivity contribution in [2.24, 2.45) is 0 Å². The van der Waals surface area contributed by atoms with E-state index in [4.69, 9.17) is 0 Å². The first kappa shape index (κ1) is 21.5. The van der Waals surface area contributed by atoms with Crippen molar-refractivity contribution in [1.29, 1.82) is 0 Å². The van der Waals surface area contributed by atoms with Crippen LogP contribution in [-0.2, 0) is 16.2 Å². The minimum Gasteiger partial charge on any atom is -0.369 e. The van der Waals surface area contributed by atoms with Gasteiger partial charge in [-0.15, -0.1) is 0 Å². The highest BCUT2D eigenvalue weighted by Crippen LogP contribution is 2.29. The van der Waals surface area contributed by atoms with Crippen molar-refractivity contribution < 1.29 is 26.0 Å². The maximum absolute atomic E-state index is 13.0. The lowest BCUT2D eigenvalue weighted by Gasteiger charge is -2.36. The molecule has 158 valence electrons. The Hall–Kier alpha value is -2.17. The van der Waals surface area contributed by atoms with E-state index >= 15 is 0 Å². The number of benzene rings is 2. The fourth-order valence-electron chi connectivity index (χ4n) is 3.13. The van der Waals surface area contributed by atoms with Gasteiger partial charge in [-0.1, -0.05) is 0 Å². The molecule has 0 atom stereocenters. The number of hydrogen-bond acceptors (Lipinski definition) is 4. The third-order valence-corrected chi connectivity index (χ3v) is 6.25. The van der Waals surface area contributed by atoms with E-state index in [0.717, 1.165) is 56.1 Å². The summed E-state index contributed by atoms with van der Waals surface area (Å²) < 4.78 is 77.7. The molecule has 0 radical (unpaired) electrons. The third kappa shape index (κ3) is 5.68. The topological polar surface area (TPSA) is 52.7 Å². The highest BCUT2D eigenvalue weighted by Gasteiger charge is 2.30. The fraction of sp³-hybridized carbons (Fsp3) is 0.368. The molecule has 0 aromatic heterocycles. The summed E-state index contributed by atoms with van der Waals surface area (Å²) in [4.78, 5) is 4.02. The Kier molecular flexibility index (Phi) is 6.45. The molecule has 0 saturated carbocycles. The van der Waals surface area contributed by atoms with E-state index in [2.05, 4.69) is 14.5 Å². The average Bonchev–Trinajstić information content (AvgIpc) is 2.68. The Morgan fingerprint density at radius 1 is 0.897 bits per heavy atom. The number of hydrogen-bond donors (Lipinski definition) is 1. The molecule has 1 aliphatic rings. The van der Waals surface area contributed by atoms with Gasteiger partial charge in [0.15, 0.2) is 0 Å². The van der Waals surface area contributed by atoms with Gasteiger partial charge >= 0.3 is 6.18 Å². The molecule has 1 saturated heterocycles. The smallest absolute Gasteiger partial charge is 0.369 e. The summed E-state index contributed by atoms with van der Waals surface area (Å²) in [7, 11) is -3.87. The summed E-state index contributed by atoms with van der Waals surface area (Å²) in [6.07, 6.45) is -4.51. The summed E-state index contributed by atoms with van der Waals surface area (Å²) in [5.74, 6) is -0.285. The maximum atomic E-state index is 13.0. The fourth-order valence-corrected chi connectivity index (χ4v) is 4.15. The molecule has 29 heavy (non-hydrogen) atoms. The predicted molar refractivity (Wildman–Crippen MR) is 102 cm³/mol. The van der Waals surface area contributed by atoms with Gasteiger partial charge in [0, 0.05) is 45.0 Å². The molecule has 3 rings (SSSR count). The molecule has 0 aliphatic carbocycles. The minimum absolute atomic E-state index is 0.153. The van der Waals surface area contributed by atoms with Crippen molar-refractivity contribution in [3.05, 3.63) is 59.9 Å². The first-order valence-electron chi connectivity index (χ1n) is 9.05. The van der Waals surface area contributed by atoms with Crippen molar-refractivity contribution in [2.75, 3.05) is 44.2 Å². The summed E-state index contributed by atoms with van der Waals surface area (Å²) >= 11 is 0. The van der Waals surface area contributed by atoms with Crippen molar-refractivity contribution in [2.45, 2.75) is 11.1 Å². The Morgan fingerprint density at radius 2 is 1.48 bits per heavy atom. The zero-order chi connectivity index (χ0) is 21.1. The minimum atomic E-state index is -4.51. The Balaban J connectivity index is 1.47. The van der Waals surface area contributed by atoms with E-state index in [9.17, 15) is 26.0 Å². The van der Waals surface area contributed by atoms with Gasteiger partial charge in [0.05, 0.1) is 10.5 Å². The Morgan fingerprint density at radius 3 is 2.03 bits per heavy atom. The summed E-state index contributed by atoms with van der Waals surface area (Å²) in [5, 5.41) is 0. The quantitative estimate of drug-likeness (QED) is 0.715. The van der Waals surface area contributed by atoms with Crippen LogP contribution in [0.25, 0.3) is 0 Å². The van der Waals surface area contributed by atoms with Crippen LogP contribution >= 0.6 is 0 Å². The second kappa shape index (κ2) is 8.68. The van der Waals surface area contributed by atoms with Gasteiger partial charge < -0.3 is 4.90 Å². The molecule has 0 bridgehead atoms. The lowest BCUT2D eigenvalue weighted by molar-refractivity contribution is -0.137. The van der Waals surface area contributed by atoms with Crippen LogP contribution in [0, 0.1) is 5.82 Å². The lowest BCUT2D eigenvalue weighted by Crippen LogP contribution is -2.48. The van der Waals surface area contributed by atoms with Crippen molar-refractivity contribution in [1.82, 2.24) is 9.62 Å². The van der Waals surface area contributed by atoms with Gasteiger partial charge in [-0.3, -0.25) is 4.90 Å². The van der Waals surface area contributed by atoms with Gasteiger partial charge in [-0.25, -0.2) is 17.5 Å². The summed E-state index contributed by atoms with van der Waals surface area (Å²) in [5.41, 5.74) is 0.0459. The van der Waals surface area contributed by atoms with Crippen LogP contribution in [0.4, 0.5) is 23.2 Å². The largest absolute Gasteiger partial charge is 0.416 e. The SMILES string of the molecule is O=S(=O)(NCCN1CCN(c2ccc(F)cc2)CC1)c1ccc(C(F)(F)F)cc1. The molecule has 1 fully saturated rings. The van der Waals surface area contributed by atoms with Crippen LogP contribution in [0.3, 0.4) is 0 Å². The van der Waals surface area contributed by atoms with E-state index < -0.39 is 21.8 Å². The highest BCUT2D eigenvalue weighted by atomic mass is 32.2. The summed E-state index contributed by atoms with van der Waals surface area (Å²) in [6.45, 7) is 3.55. The number of nitrogens with zero attached hydrogens (tertiary/aromatic N) is 2. The number of anilines is 1. The van der Waals surface area contributed by atoms with Crippen molar-refractivity contribution in [3.8, 4) is 0 Å². The van der Waals surface area contributed by atoms with Crippen LogP contribution < -0.4 is 9.62 Å². The molecule has 0 amide bonds. The van der Waals surface area contributed by atoms with Gasteiger partial charge in [0.25, 0.3) is 0 Å². The average molecular weight is 431 g/mol. The normalized spacial score (nSPS) is 16.2. The second-order valence-corrected chi connectivity index (χ2v) is 8.49. The van der Waals surface area contributed by atoms with Gasteiger partial charge in [0.1, 0.15) is 5.82 Å². The van der Waals surface area contributed by atoms with Crippen molar-refractivity contribution in [3.63, 3.8) is 0 Å². The van der Waals surface area contributed by atoms with Crippen molar-refractivity contribution >= 4 is 15.7 Å². The van der Waals surface area contributed by atoms with Crippen LogP contribution in [0.1, 0.15) is 5.56 Å². The molecule has 1 heterocycles. The van der Waals surface area contributed by atoms with Gasteiger partial charge in [0.2, 0.25) is 10.0 Å². The zero-order valence-corrected chi connectivity index (χ0v) is 16.3. The van der Waals surface area contributed by atoms with E-state index in [1.54, 1.807) is 12.1 Å². The monoisotopic (exact) mass is 431 g/mol. The molecule has 1 N–H and O–H groups in total. The standard InChI is InChI=1S/C19H21F4N3O2S/c20-16-3-5-17(6-4-16)26-13-11-25(12-14-26)10-9-24-29(27,28)18-7-1-15(2-8-18)19(21,22)23/h1-8,24H,9-14H2. The molecule has 0 spiro atoms. The Bertz CT molecular complexity index is 908. The molecular formula is C19H21F4N3O2S. The van der Waals surface area contributed by atoms with E-state index in [0.29, 0.717) is 6.54 Å². The number of nitrogens with one attached hydrogen (secondary N) is 1. The zero-order valence-electron chi connectivity index (χ0n) is 15.5. The molecule has 10 heteroatoms. The first-order chi connectivity index (χ1) is 13.6. The molecular weight excluding hydrogens is 410 g/mol. The highest BCUT2D eigenvalue weighted by molar-refractivity contribution is 7.89. The lowest BCUT2D eigenvalue weighted by atomic mass is 10.2. The van der Waals surface area contributed by atoms with E-state index in [1.165, 1.54) is 12.1 Å². The molecule has 0 unspecified atom stereocenters.